The van der Waals surface area contributed by atoms with Crippen molar-refractivity contribution in [1.82, 2.24) is 20.2 Å². The summed E-state index contributed by atoms with van der Waals surface area (Å²) in [6.45, 7) is 10.0. The van der Waals surface area contributed by atoms with Gasteiger partial charge in [0.05, 0.1) is 6.61 Å². The monoisotopic (exact) mass is 307 g/mol. The topological polar surface area (TPSA) is 53.5 Å². The van der Waals surface area contributed by atoms with Crippen LogP contribution in [-0.2, 0) is 11.3 Å². The minimum atomic E-state index is 0.349. The van der Waals surface area contributed by atoms with Crippen molar-refractivity contribution in [3.63, 3.8) is 0 Å². The number of nitrogens with one attached hydrogen (secondary N) is 1. The van der Waals surface area contributed by atoms with E-state index in [-0.39, 0.29) is 0 Å². The van der Waals surface area contributed by atoms with Crippen LogP contribution in [0.3, 0.4) is 0 Å². The Balaban J connectivity index is 1.86. The lowest BCUT2D eigenvalue weighted by atomic mass is 10.1. The zero-order valence-corrected chi connectivity index (χ0v) is 14.2. The summed E-state index contributed by atoms with van der Waals surface area (Å²) < 4.78 is 5.26. The van der Waals surface area contributed by atoms with Crippen molar-refractivity contribution in [3.05, 3.63) is 18.0 Å². The molecule has 1 N–H and O–H groups in total. The van der Waals surface area contributed by atoms with Crippen LogP contribution in [0.5, 0.6) is 0 Å². The van der Waals surface area contributed by atoms with E-state index < -0.39 is 0 Å². The molecular weight excluding hydrogens is 278 g/mol. The van der Waals surface area contributed by atoms with E-state index in [2.05, 4.69) is 46.0 Å². The van der Waals surface area contributed by atoms with E-state index in [4.69, 9.17) is 4.74 Å². The fourth-order valence-electron chi connectivity index (χ4n) is 2.52. The van der Waals surface area contributed by atoms with Gasteiger partial charge in [0.1, 0.15) is 0 Å². The number of nitrogens with zero attached hydrogens (tertiary/aromatic N) is 4. The standard InChI is InChI=1S/C16H29N5O/c1-13(2)15(12-22-4)17-9-14-10-18-16(19-11-14)21-7-5-20(3)6-8-21/h10-11,13,15,17H,5-9,12H2,1-4H3. The number of rotatable bonds is 7. The van der Waals surface area contributed by atoms with Gasteiger partial charge in [-0.1, -0.05) is 13.8 Å². The van der Waals surface area contributed by atoms with E-state index in [0.29, 0.717) is 12.0 Å². The third-order valence-electron chi connectivity index (χ3n) is 4.20. The minimum absolute atomic E-state index is 0.349. The summed E-state index contributed by atoms with van der Waals surface area (Å²) in [5.41, 5.74) is 1.11. The van der Waals surface area contributed by atoms with Crippen molar-refractivity contribution >= 4 is 5.95 Å². The lowest BCUT2D eigenvalue weighted by Gasteiger charge is -2.32. The summed E-state index contributed by atoms with van der Waals surface area (Å²) in [5, 5.41) is 3.52. The Morgan fingerprint density at radius 3 is 2.36 bits per heavy atom. The minimum Gasteiger partial charge on any atom is -0.383 e. The van der Waals surface area contributed by atoms with Crippen LogP contribution in [0.1, 0.15) is 19.4 Å². The van der Waals surface area contributed by atoms with E-state index in [1.807, 2.05) is 12.4 Å². The second-order valence-corrected chi connectivity index (χ2v) is 6.37. The molecular formula is C16H29N5O. The second-order valence-electron chi connectivity index (χ2n) is 6.37. The quantitative estimate of drug-likeness (QED) is 0.811. The Labute approximate surface area is 133 Å². The molecule has 0 radical (unpaired) electrons. The molecule has 0 aromatic carbocycles. The molecule has 0 saturated carbocycles. The Morgan fingerprint density at radius 1 is 1.18 bits per heavy atom. The van der Waals surface area contributed by atoms with E-state index in [1.54, 1.807) is 7.11 Å². The molecule has 1 aliphatic rings. The Kier molecular flexibility index (Phi) is 6.54. The Hall–Kier alpha value is -1.24. The molecule has 124 valence electrons. The highest BCUT2D eigenvalue weighted by molar-refractivity contribution is 5.30. The zero-order valence-electron chi connectivity index (χ0n) is 14.2. The largest absolute Gasteiger partial charge is 0.383 e. The van der Waals surface area contributed by atoms with Crippen molar-refractivity contribution in [1.29, 1.82) is 0 Å². The lowest BCUT2D eigenvalue weighted by molar-refractivity contribution is 0.146. The molecule has 0 amide bonds. The van der Waals surface area contributed by atoms with Crippen LogP contribution in [0.15, 0.2) is 12.4 Å². The summed E-state index contributed by atoms with van der Waals surface area (Å²) in [7, 11) is 3.89. The molecule has 0 spiro atoms. The molecule has 1 unspecified atom stereocenters. The molecule has 6 heteroatoms. The van der Waals surface area contributed by atoms with Gasteiger partial charge >= 0.3 is 0 Å². The van der Waals surface area contributed by atoms with Gasteiger partial charge in [-0.15, -0.1) is 0 Å². The molecule has 1 aromatic rings. The summed E-state index contributed by atoms with van der Waals surface area (Å²) >= 11 is 0. The van der Waals surface area contributed by atoms with Crippen molar-refractivity contribution in [2.75, 3.05) is 51.8 Å². The second kappa shape index (κ2) is 8.41. The van der Waals surface area contributed by atoms with Crippen molar-refractivity contribution in [2.45, 2.75) is 26.4 Å². The van der Waals surface area contributed by atoms with E-state index in [9.17, 15) is 0 Å². The van der Waals surface area contributed by atoms with Gasteiger partial charge in [0.2, 0.25) is 5.95 Å². The van der Waals surface area contributed by atoms with E-state index in [0.717, 1.165) is 50.8 Å². The van der Waals surface area contributed by atoms with Crippen molar-refractivity contribution < 1.29 is 4.74 Å². The normalized spacial score (nSPS) is 18.0. The molecule has 1 fully saturated rings. The van der Waals surface area contributed by atoms with Crippen LogP contribution in [0.2, 0.25) is 0 Å². The molecule has 0 bridgehead atoms. The van der Waals surface area contributed by atoms with E-state index >= 15 is 0 Å². The first-order valence-corrected chi connectivity index (χ1v) is 8.07. The van der Waals surface area contributed by atoms with Gasteiger partial charge < -0.3 is 19.9 Å². The van der Waals surface area contributed by atoms with Gasteiger partial charge in [-0.05, 0) is 13.0 Å². The number of ether oxygens (including phenoxy) is 1. The average molecular weight is 307 g/mol. The van der Waals surface area contributed by atoms with Gasteiger partial charge in [0.15, 0.2) is 0 Å². The number of hydrogen-bond donors (Lipinski definition) is 1. The van der Waals surface area contributed by atoms with Gasteiger partial charge in [-0.2, -0.15) is 0 Å². The Morgan fingerprint density at radius 2 is 1.82 bits per heavy atom. The van der Waals surface area contributed by atoms with Crippen LogP contribution in [0, 0.1) is 5.92 Å². The van der Waals surface area contributed by atoms with Crippen molar-refractivity contribution in [3.8, 4) is 0 Å². The number of piperazine rings is 1. The zero-order chi connectivity index (χ0) is 15.9. The molecule has 1 atom stereocenters. The highest BCUT2D eigenvalue weighted by atomic mass is 16.5. The third-order valence-corrected chi connectivity index (χ3v) is 4.20. The van der Waals surface area contributed by atoms with Crippen LogP contribution in [-0.4, -0.2) is 67.9 Å². The molecule has 0 aliphatic carbocycles. The van der Waals surface area contributed by atoms with Crippen molar-refractivity contribution in [2.24, 2.45) is 5.92 Å². The lowest BCUT2D eigenvalue weighted by Crippen LogP contribution is -2.45. The highest BCUT2D eigenvalue weighted by Gasteiger charge is 2.16. The summed E-state index contributed by atoms with van der Waals surface area (Å²) in [6, 6.07) is 0.349. The van der Waals surface area contributed by atoms with Gasteiger partial charge in [0.25, 0.3) is 0 Å². The predicted octanol–water partition coefficient (Wildman–Crippen LogP) is 0.989. The average Bonchev–Trinajstić information content (AvgIpc) is 2.52. The number of anilines is 1. The third kappa shape index (κ3) is 4.90. The maximum atomic E-state index is 5.26. The molecule has 1 aromatic heterocycles. The molecule has 6 nitrogen and oxygen atoms in total. The number of hydrogen-bond acceptors (Lipinski definition) is 6. The first-order chi connectivity index (χ1) is 10.6. The summed E-state index contributed by atoms with van der Waals surface area (Å²) in [4.78, 5) is 13.6. The number of methoxy groups -OCH3 is 1. The van der Waals surface area contributed by atoms with Crippen LogP contribution in [0.4, 0.5) is 5.95 Å². The highest BCUT2D eigenvalue weighted by Crippen LogP contribution is 2.10. The molecule has 1 saturated heterocycles. The van der Waals surface area contributed by atoms with Crippen LogP contribution in [0.25, 0.3) is 0 Å². The molecule has 22 heavy (non-hydrogen) atoms. The smallest absolute Gasteiger partial charge is 0.225 e. The summed E-state index contributed by atoms with van der Waals surface area (Å²) in [6.07, 6.45) is 3.86. The Bertz CT molecular complexity index is 429. The molecule has 2 heterocycles. The summed E-state index contributed by atoms with van der Waals surface area (Å²) in [5.74, 6) is 1.37. The molecule has 2 rings (SSSR count). The van der Waals surface area contributed by atoms with Gasteiger partial charge in [0, 0.05) is 63.8 Å². The number of likely N-dealkylation sites (N-methyl/N-ethyl adjacent to an activating group) is 1. The van der Waals surface area contributed by atoms with Gasteiger partial charge in [-0.3, -0.25) is 0 Å². The van der Waals surface area contributed by atoms with Gasteiger partial charge in [-0.25, -0.2) is 9.97 Å². The fourth-order valence-corrected chi connectivity index (χ4v) is 2.52. The SMILES string of the molecule is COCC(NCc1cnc(N2CCN(C)CC2)nc1)C(C)C. The van der Waals surface area contributed by atoms with Crippen LogP contribution < -0.4 is 10.2 Å². The number of aromatic nitrogens is 2. The predicted molar refractivity (Wildman–Crippen MR) is 89.1 cm³/mol. The van der Waals surface area contributed by atoms with Crippen LogP contribution >= 0.6 is 0 Å². The maximum absolute atomic E-state index is 5.26. The van der Waals surface area contributed by atoms with E-state index in [1.165, 1.54) is 0 Å². The molecule has 1 aliphatic heterocycles. The maximum Gasteiger partial charge on any atom is 0.225 e. The first kappa shape index (κ1) is 17.1. The fraction of sp³-hybridized carbons (Fsp3) is 0.750. The first-order valence-electron chi connectivity index (χ1n) is 8.07.